The van der Waals surface area contributed by atoms with E-state index in [4.69, 9.17) is 0 Å². The summed E-state index contributed by atoms with van der Waals surface area (Å²) >= 11 is 1.52. The number of nitrogens with zero attached hydrogens (tertiary/aromatic N) is 2. The Bertz CT molecular complexity index is 502. The summed E-state index contributed by atoms with van der Waals surface area (Å²) in [4.78, 5) is 29.3. The van der Waals surface area contributed by atoms with Gasteiger partial charge in [0, 0.05) is 18.4 Å². The lowest BCUT2D eigenvalue weighted by Gasteiger charge is -2.16. The lowest BCUT2D eigenvalue weighted by Crippen LogP contribution is -2.39. The van der Waals surface area contributed by atoms with E-state index in [0.717, 1.165) is 12.3 Å². The van der Waals surface area contributed by atoms with Crippen LogP contribution in [0.3, 0.4) is 0 Å². The van der Waals surface area contributed by atoms with Crippen molar-refractivity contribution in [3.63, 3.8) is 0 Å². The van der Waals surface area contributed by atoms with Crippen LogP contribution >= 0.6 is 11.8 Å². The number of hydrogen-bond donors (Lipinski definition) is 1. The Kier molecular flexibility index (Phi) is 4.57. The number of rotatable bonds is 3. The molecule has 2 rings (SSSR count). The molecule has 0 aromatic heterocycles. The van der Waals surface area contributed by atoms with Crippen molar-refractivity contribution >= 4 is 28.7 Å². The zero-order valence-corrected chi connectivity index (χ0v) is 11.4. The second-order valence-corrected chi connectivity index (χ2v) is 5.19. The predicted molar refractivity (Wildman–Crippen MR) is 76.3 cm³/mol. The molecule has 1 aliphatic heterocycles. The maximum Gasteiger partial charge on any atom is 0.254 e. The van der Waals surface area contributed by atoms with E-state index in [1.54, 1.807) is 31.3 Å². The van der Waals surface area contributed by atoms with Gasteiger partial charge in [0.1, 0.15) is 0 Å². The molecule has 1 heterocycles. The summed E-state index contributed by atoms with van der Waals surface area (Å²) in [5, 5.41) is 3.34. The van der Waals surface area contributed by atoms with Crippen LogP contribution < -0.4 is 5.32 Å². The van der Waals surface area contributed by atoms with Gasteiger partial charge in [0.25, 0.3) is 5.91 Å². The van der Waals surface area contributed by atoms with Crippen LogP contribution in [0.1, 0.15) is 10.4 Å². The molecule has 0 saturated heterocycles. The molecule has 0 radical (unpaired) electrons. The molecule has 5 nitrogen and oxygen atoms in total. The van der Waals surface area contributed by atoms with E-state index in [1.165, 1.54) is 16.7 Å². The van der Waals surface area contributed by atoms with Crippen molar-refractivity contribution in [1.29, 1.82) is 0 Å². The molecule has 1 aromatic carbocycles. The molecule has 6 heteroatoms. The third-order valence-electron chi connectivity index (χ3n) is 2.58. The number of nitrogens with one attached hydrogen (secondary N) is 1. The van der Waals surface area contributed by atoms with E-state index >= 15 is 0 Å². The molecule has 0 atom stereocenters. The molecule has 2 amide bonds. The highest BCUT2D eigenvalue weighted by molar-refractivity contribution is 8.14. The first kappa shape index (κ1) is 13.6. The van der Waals surface area contributed by atoms with Crippen LogP contribution in [0, 0.1) is 0 Å². The van der Waals surface area contributed by atoms with E-state index in [9.17, 15) is 9.59 Å². The molecule has 0 fully saturated rings. The van der Waals surface area contributed by atoms with Gasteiger partial charge in [0.2, 0.25) is 5.91 Å². The van der Waals surface area contributed by atoms with Gasteiger partial charge in [-0.2, -0.15) is 0 Å². The highest BCUT2D eigenvalue weighted by atomic mass is 32.2. The van der Waals surface area contributed by atoms with Gasteiger partial charge in [0.05, 0.1) is 13.1 Å². The zero-order valence-electron chi connectivity index (χ0n) is 10.6. The summed E-state index contributed by atoms with van der Waals surface area (Å²) in [5.41, 5.74) is 0.574. The highest BCUT2D eigenvalue weighted by Crippen LogP contribution is 2.09. The maximum atomic E-state index is 12.0. The summed E-state index contributed by atoms with van der Waals surface area (Å²) < 4.78 is 0. The van der Waals surface area contributed by atoms with Gasteiger partial charge in [-0.1, -0.05) is 30.0 Å². The Balaban J connectivity index is 1.88. The average molecular weight is 277 g/mol. The van der Waals surface area contributed by atoms with Gasteiger partial charge < -0.3 is 10.2 Å². The summed E-state index contributed by atoms with van der Waals surface area (Å²) in [6.45, 7) is 0.756. The lowest BCUT2D eigenvalue weighted by molar-refractivity contribution is -0.120. The molecule has 0 spiro atoms. The Morgan fingerprint density at radius 2 is 2.11 bits per heavy atom. The second kappa shape index (κ2) is 6.38. The molecule has 1 aliphatic rings. The Morgan fingerprint density at radius 3 is 2.74 bits per heavy atom. The van der Waals surface area contributed by atoms with Crippen LogP contribution in [-0.2, 0) is 4.79 Å². The van der Waals surface area contributed by atoms with Crippen LogP contribution in [0.5, 0.6) is 0 Å². The first-order valence-electron chi connectivity index (χ1n) is 5.94. The molecule has 100 valence electrons. The molecule has 0 aliphatic carbocycles. The van der Waals surface area contributed by atoms with Crippen molar-refractivity contribution in [2.45, 2.75) is 0 Å². The number of likely N-dealkylation sites (N-methyl/N-ethyl adjacent to an activating group) is 1. The minimum atomic E-state index is -0.222. The Labute approximate surface area is 116 Å². The van der Waals surface area contributed by atoms with E-state index in [-0.39, 0.29) is 18.4 Å². The van der Waals surface area contributed by atoms with E-state index in [2.05, 4.69) is 10.3 Å². The molecule has 1 N–H and O–H groups in total. The van der Waals surface area contributed by atoms with E-state index < -0.39 is 0 Å². The van der Waals surface area contributed by atoms with Crippen LogP contribution in [0.15, 0.2) is 35.3 Å². The third-order valence-corrected chi connectivity index (χ3v) is 3.47. The van der Waals surface area contributed by atoms with Crippen molar-refractivity contribution in [3.05, 3.63) is 35.9 Å². The molecule has 0 unspecified atom stereocenters. The lowest BCUT2D eigenvalue weighted by atomic mass is 10.2. The number of amides is 2. The molecule has 19 heavy (non-hydrogen) atoms. The molecule has 0 saturated carbocycles. The van der Waals surface area contributed by atoms with E-state index in [0.29, 0.717) is 10.7 Å². The van der Waals surface area contributed by atoms with Crippen molar-refractivity contribution in [1.82, 2.24) is 10.2 Å². The average Bonchev–Trinajstić information content (AvgIpc) is 2.91. The molecule has 0 bridgehead atoms. The topological polar surface area (TPSA) is 61.8 Å². The van der Waals surface area contributed by atoms with E-state index in [1.807, 2.05) is 6.07 Å². The highest BCUT2D eigenvalue weighted by Gasteiger charge is 2.16. The van der Waals surface area contributed by atoms with Crippen molar-refractivity contribution in [2.24, 2.45) is 4.99 Å². The summed E-state index contributed by atoms with van der Waals surface area (Å²) in [7, 11) is 1.61. The number of amidine groups is 1. The number of thioether (sulfide) groups is 1. The molecule has 1 aromatic rings. The maximum absolute atomic E-state index is 12.0. The second-order valence-electron chi connectivity index (χ2n) is 4.11. The fourth-order valence-electron chi connectivity index (χ4n) is 1.66. The summed E-state index contributed by atoms with van der Waals surface area (Å²) in [6.07, 6.45) is 0. The van der Waals surface area contributed by atoms with Crippen LogP contribution in [-0.4, -0.2) is 47.8 Å². The summed E-state index contributed by atoms with van der Waals surface area (Å²) in [6, 6.07) is 8.90. The van der Waals surface area contributed by atoms with Crippen molar-refractivity contribution in [2.75, 3.05) is 25.9 Å². The van der Waals surface area contributed by atoms with Gasteiger partial charge >= 0.3 is 0 Å². The number of carbonyl (C=O) groups excluding carboxylic acids is 2. The summed E-state index contributed by atoms with van der Waals surface area (Å²) in [5.74, 6) is 0.505. The van der Waals surface area contributed by atoms with Crippen LogP contribution in [0.2, 0.25) is 0 Å². The largest absolute Gasteiger partial charge is 0.332 e. The number of hydrogen-bond acceptors (Lipinski definition) is 4. The smallest absolute Gasteiger partial charge is 0.254 e. The zero-order chi connectivity index (χ0) is 13.7. The van der Waals surface area contributed by atoms with Crippen molar-refractivity contribution < 1.29 is 9.59 Å². The van der Waals surface area contributed by atoms with Gasteiger partial charge in [-0.15, -0.1) is 0 Å². The van der Waals surface area contributed by atoms with Gasteiger partial charge in [-0.25, -0.2) is 0 Å². The first-order chi connectivity index (χ1) is 9.16. The Hall–Kier alpha value is -1.82. The number of aliphatic imine (C=N–C) groups is 1. The SMILES string of the molecule is CN(CC(=O)NC1=NCCS1)C(=O)c1ccccc1. The minimum absolute atomic E-state index is 0.0211. The first-order valence-corrected chi connectivity index (χ1v) is 6.93. The predicted octanol–water partition coefficient (Wildman–Crippen LogP) is 0.978. The van der Waals surface area contributed by atoms with Gasteiger partial charge in [-0.3, -0.25) is 14.6 Å². The van der Waals surface area contributed by atoms with Crippen molar-refractivity contribution in [3.8, 4) is 0 Å². The van der Waals surface area contributed by atoms with Gasteiger partial charge in [0.15, 0.2) is 5.17 Å². The van der Waals surface area contributed by atoms with Gasteiger partial charge in [-0.05, 0) is 12.1 Å². The van der Waals surface area contributed by atoms with Crippen LogP contribution in [0.25, 0.3) is 0 Å². The molecular formula is C13H15N3O2S. The quantitative estimate of drug-likeness (QED) is 0.896. The third kappa shape index (κ3) is 3.82. The molecular weight excluding hydrogens is 262 g/mol. The minimum Gasteiger partial charge on any atom is -0.332 e. The number of carbonyl (C=O) groups is 2. The standard InChI is InChI=1S/C13H15N3O2S/c1-16(12(18)10-5-3-2-4-6-10)9-11(17)15-13-14-7-8-19-13/h2-6H,7-9H2,1H3,(H,14,15,17). The fraction of sp³-hybridized carbons (Fsp3) is 0.308. The monoisotopic (exact) mass is 277 g/mol. The number of benzene rings is 1. The fourth-order valence-corrected chi connectivity index (χ4v) is 2.40. The van der Waals surface area contributed by atoms with Crippen LogP contribution in [0.4, 0.5) is 0 Å². The normalized spacial score (nSPS) is 13.8. The Morgan fingerprint density at radius 1 is 1.37 bits per heavy atom.